The summed E-state index contributed by atoms with van der Waals surface area (Å²) < 4.78 is 39.5. The Hall–Kier alpha value is -1.40. The van der Waals surface area contributed by atoms with E-state index in [1.54, 1.807) is 6.07 Å². The highest BCUT2D eigenvalue weighted by molar-refractivity contribution is 5.45. The van der Waals surface area contributed by atoms with Gasteiger partial charge in [0.1, 0.15) is 0 Å². The average Bonchev–Trinajstić information content (AvgIpc) is 2.56. The fourth-order valence-corrected chi connectivity index (χ4v) is 2.18. The molecular weight excluding hydrogens is 246 g/mol. The van der Waals surface area contributed by atoms with Crippen LogP contribution in [-0.2, 0) is 11.2 Å². The van der Waals surface area contributed by atoms with Crippen LogP contribution >= 0.6 is 0 Å². The number of benzene rings is 1. The molecule has 0 amide bonds. The van der Waals surface area contributed by atoms with Crippen LogP contribution in [0.2, 0.25) is 0 Å². The van der Waals surface area contributed by atoms with Gasteiger partial charge < -0.3 is 19.3 Å². The lowest BCUT2D eigenvalue weighted by molar-refractivity contribution is -0.286. The third-order valence-corrected chi connectivity index (χ3v) is 3.20. The Morgan fingerprint density at radius 1 is 1.17 bits per heavy atom. The summed E-state index contributed by atoms with van der Waals surface area (Å²) in [7, 11) is 0. The van der Waals surface area contributed by atoms with Crippen LogP contribution in [-0.4, -0.2) is 31.2 Å². The fourth-order valence-electron chi connectivity index (χ4n) is 2.18. The zero-order chi connectivity index (χ0) is 12.8. The molecule has 0 radical (unpaired) electrons. The highest BCUT2D eigenvalue weighted by atomic mass is 19.3. The summed E-state index contributed by atoms with van der Waals surface area (Å²) in [4.78, 5) is 0. The third-order valence-electron chi connectivity index (χ3n) is 3.20. The first-order valence-corrected chi connectivity index (χ1v) is 5.59. The number of halogens is 2. The number of fused-ring (bicyclic) bond motifs is 1. The second-order valence-electron chi connectivity index (χ2n) is 4.78. The van der Waals surface area contributed by atoms with E-state index < -0.39 is 6.29 Å². The summed E-state index contributed by atoms with van der Waals surface area (Å²) in [5.41, 5.74) is 0.517. The van der Waals surface area contributed by atoms with Gasteiger partial charge in [0.25, 0.3) is 0 Å². The van der Waals surface area contributed by atoms with Crippen molar-refractivity contribution in [3.63, 3.8) is 0 Å². The Labute approximate surface area is 102 Å². The molecule has 0 unspecified atom stereocenters. The largest absolute Gasteiger partial charge is 0.586 e. The first kappa shape index (κ1) is 11.7. The molecule has 18 heavy (non-hydrogen) atoms. The van der Waals surface area contributed by atoms with Gasteiger partial charge in [0.05, 0.1) is 19.8 Å². The molecule has 2 aliphatic heterocycles. The monoisotopic (exact) mass is 258 g/mol. The van der Waals surface area contributed by atoms with Gasteiger partial charge in [-0.15, -0.1) is 8.78 Å². The summed E-state index contributed by atoms with van der Waals surface area (Å²) in [6.07, 6.45) is -3.03. The third kappa shape index (κ3) is 1.91. The molecule has 0 aromatic heterocycles. The average molecular weight is 258 g/mol. The van der Waals surface area contributed by atoms with E-state index in [-0.39, 0.29) is 23.5 Å². The van der Waals surface area contributed by atoms with Crippen LogP contribution < -0.4 is 9.47 Å². The first-order valence-electron chi connectivity index (χ1n) is 5.59. The second kappa shape index (κ2) is 3.80. The van der Waals surface area contributed by atoms with Gasteiger partial charge in [-0.2, -0.15) is 0 Å². The molecule has 4 nitrogen and oxygen atoms in total. The van der Waals surface area contributed by atoms with Crippen molar-refractivity contribution in [2.45, 2.75) is 12.7 Å². The van der Waals surface area contributed by atoms with E-state index in [2.05, 4.69) is 9.47 Å². The van der Waals surface area contributed by atoms with Gasteiger partial charge in [0.2, 0.25) is 0 Å². The number of hydrogen-bond donors (Lipinski definition) is 1. The number of rotatable bonds is 3. The normalized spacial score (nSPS) is 22.6. The Kier molecular flexibility index (Phi) is 2.46. The van der Waals surface area contributed by atoms with E-state index in [1.165, 1.54) is 12.1 Å². The lowest BCUT2D eigenvalue weighted by Crippen LogP contribution is -2.47. The molecule has 1 aromatic carbocycles. The van der Waals surface area contributed by atoms with E-state index in [0.29, 0.717) is 19.6 Å². The molecule has 0 atom stereocenters. The molecule has 1 fully saturated rings. The van der Waals surface area contributed by atoms with Gasteiger partial charge in [-0.3, -0.25) is 0 Å². The Balaban J connectivity index is 1.80. The smallest absolute Gasteiger partial charge is 0.396 e. The molecule has 1 aromatic rings. The minimum absolute atomic E-state index is 0.0115. The number of alkyl halides is 2. The Bertz CT molecular complexity index is 466. The van der Waals surface area contributed by atoms with Crippen LogP contribution in [0, 0.1) is 5.41 Å². The second-order valence-corrected chi connectivity index (χ2v) is 4.78. The van der Waals surface area contributed by atoms with Crippen molar-refractivity contribution in [1.29, 1.82) is 0 Å². The lowest BCUT2D eigenvalue weighted by Gasteiger charge is -2.40. The molecule has 3 rings (SSSR count). The number of aliphatic hydroxyl groups excluding tert-OH is 1. The summed E-state index contributed by atoms with van der Waals surface area (Å²) >= 11 is 0. The van der Waals surface area contributed by atoms with Crippen molar-refractivity contribution in [1.82, 2.24) is 0 Å². The number of hydrogen-bond acceptors (Lipinski definition) is 4. The van der Waals surface area contributed by atoms with E-state index in [0.717, 1.165) is 5.56 Å². The van der Waals surface area contributed by atoms with Crippen LogP contribution in [0.1, 0.15) is 5.56 Å². The minimum Gasteiger partial charge on any atom is -0.396 e. The van der Waals surface area contributed by atoms with Gasteiger partial charge in [0, 0.05) is 5.41 Å². The predicted octanol–water partition coefficient (Wildman–Crippen LogP) is 1.56. The fraction of sp³-hybridized carbons (Fsp3) is 0.500. The molecular formula is C12H12F2O4. The van der Waals surface area contributed by atoms with Crippen molar-refractivity contribution < 1.29 is 28.1 Å². The van der Waals surface area contributed by atoms with Crippen LogP contribution in [0.4, 0.5) is 8.78 Å². The summed E-state index contributed by atoms with van der Waals surface area (Å²) in [5, 5.41) is 9.32. The number of aliphatic hydroxyl groups is 1. The van der Waals surface area contributed by atoms with Crippen molar-refractivity contribution in [2.24, 2.45) is 5.41 Å². The molecule has 0 aliphatic carbocycles. The Morgan fingerprint density at radius 2 is 1.89 bits per heavy atom. The van der Waals surface area contributed by atoms with Crippen molar-refractivity contribution >= 4 is 0 Å². The molecule has 1 N–H and O–H groups in total. The zero-order valence-electron chi connectivity index (χ0n) is 9.49. The van der Waals surface area contributed by atoms with Crippen LogP contribution in [0.15, 0.2) is 18.2 Å². The first-order chi connectivity index (χ1) is 8.52. The highest BCUT2D eigenvalue weighted by Crippen LogP contribution is 2.42. The molecule has 0 bridgehead atoms. The maximum absolute atomic E-state index is 12.8. The lowest BCUT2D eigenvalue weighted by atomic mass is 9.80. The standard InChI is InChI=1S/C12H12F2O4/c13-12(14)17-9-2-1-8(3-10(9)18-12)4-11(5-15)6-16-7-11/h1-3,15H,4-7H2. The van der Waals surface area contributed by atoms with Crippen molar-refractivity contribution in [2.75, 3.05) is 19.8 Å². The quantitative estimate of drug-likeness (QED) is 0.893. The molecule has 0 saturated carbocycles. The van der Waals surface area contributed by atoms with Gasteiger partial charge in [-0.25, -0.2) is 0 Å². The van der Waals surface area contributed by atoms with E-state index in [9.17, 15) is 13.9 Å². The van der Waals surface area contributed by atoms with Gasteiger partial charge in [-0.05, 0) is 24.1 Å². The molecule has 0 spiro atoms. The van der Waals surface area contributed by atoms with Gasteiger partial charge in [-0.1, -0.05) is 6.07 Å². The zero-order valence-corrected chi connectivity index (χ0v) is 9.49. The Morgan fingerprint density at radius 3 is 2.50 bits per heavy atom. The topological polar surface area (TPSA) is 47.9 Å². The summed E-state index contributed by atoms with van der Waals surface area (Å²) in [6.45, 7) is 0.972. The van der Waals surface area contributed by atoms with E-state index in [4.69, 9.17) is 4.74 Å². The minimum atomic E-state index is -3.59. The van der Waals surface area contributed by atoms with Crippen LogP contribution in [0.3, 0.4) is 0 Å². The highest BCUT2D eigenvalue weighted by Gasteiger charge is 2.44. The summed E-state index contributed by atoms with van der Waals surface area (Å²) in [6, 6.07) is 4.67. The maximum atomic E-state index is 12.8. The molecule has 2 aliphatic rings. The number of ether oxygens (including phenoxy) is 3. The van der Waals surface area contributed by atoms with Crippen LogP contribution in [0.5, 0.6) is 11.5 Å². The van der Waals surface area contributed by atoms with Crippen molar-refractivity contribution in [3.05, 3.63) is 23.8 Å². The molecule has 98 valence electrons. The maximum Gasteiger partial charge on any atom is 0.586 e. The molecule has 6 heteroatoms. The van der Waals surface area contributed by atoms with Gasteiger partial charge in [0.15, 0.2) is 11.5 Å². The summed E-state index contributed by atoms with van der Waals surface area (Å²) in [5.74, 6) is 0.0671. The molecule has 1 saturated heterocycles. The predicted molar refractivity (Wildman–Crippen MR) is 56.7 cm³/mol. The van der Waals surface area contributed by atoms with E-state index >= 15 is 0 Å². The SMILES string of the molecule is OCC1(Cc2ccc3c(c2)OC(F)(F)O3)COC1. The van der Waals surface area contributed by atoms with Crippen molar-refractivity contribution in [3.8, 4) is 11.5 Å². The van der Waals surface area contributed by atoms with Crippen LogP contribution in [0.25, 0.3) is 0 Å². The van der Waals surface area contributed by atoms with E-state index in [1.807, 2.05) is 0 Å². The van der Waals surface area contributed by atoms with Gasteiger partial charge >= 0.3 is 6.29 Å². The molecule has 2 heterocycles.